The Kier molecular flexibility index (Phi) is 6.31. The normalized spacial score (nSPS) is 22.5. The molecule has 1 aromatic heterocycles. The highest BCUT2D eigenvalue weighted by Gasteiger charge is 2.39. The summed E-state index contributed by atoms with van der Waals surface area (Å²) < 4.78 is 12.0. The van der Waals surface area contributed by atoms with Gasteiger partial charge in [0.2, 0.25) is 5.91 Å². The van der Waals surface area contributed by atoms with Gasteiger partial charge in [0.15, 0.2) is 0 Å². The molecule has 2 aliphatic heterocycles. The Morgan fingerprint density at radius 3 is 2.84 bits per heavy atom. The van der Waals surface area contributed by atoms with E-state index in [9.17, 15) is 14.4 Å². The van der Waals surface area contributed by atoms with Crippen LogP contribution >= 0.6 is 0 Å². The van der Waals surface area contributed by atoms with Crippen molar-refractivity contribution in [3.63, 3.8) is 0 Å². The number of benzene rings is 1. The van der Waals surface area contributed by atoms with Crippen LogP contribution in [0.1, 0.15) is 40.1 Å². The van der Waals surface area contributed by atoms with Gasteiger partial charge in [-0.1, -0.05) is 0 Å². The largest absolute Gasteiger partial charge is 0.490 e. The van der Waals surface area contributed by atoms with E-state index in [0.29, 0.717) is 29.8 Å². The lowest BCUT2D eigenvalue weighted by atomic mass is 9.94. The molecule has 2 aromatic rings. The number of rotatable bonds is 4. The zero-order chi connectivity index (χ0) is 22.7. The lowest BCUT2D eigenvalue weighted by molar-refractivity contribution is -0.133. The monoisotopic (exact) mass is 439 g/mol. The number of likely N-dealkylation sites (N-methyl/N-ethyl adjacent to an activating group) is 1. The summed E-state index contributed by atoms with van der Waals surface area (Å²) in [5.41, 5.74) is 0.982. The van der Waals surface area contributed by atoms with E-state index in [4.69, 9.17) is 9.47 Å². The molecule has 3 amide bonds. The van der Waals surface area contributed by atoms with E-state index in [2.05, 4.69) is 20.6 Å². The molecule has 1 saturated heterocycles. The molecule has 3 atom stereocenters. The Hall–Kier alpha value is -3.53. The number of carbonyl (C=O) groups is 3. The second kappa shape index (κ2) is 9.31. The van der Waals surface area contributed by atoms with Gasteiger partial charge in [-0.25, -0.2) is 4.98 Å². The number of amides is 3. The van der Waals surface area contributed by atoms with Crippen molar-refractivity contribution in [3.8, 4) is 5.75 Å². The summed E-state index contributed by atoms with van der Waals surface area (Å²) in [6.45, 7) is 0.255. The summed E-state index contributed by atoms with van der Waals surface area (Å²) in [7, 11) is 3.34. The van der Waals surface area contributed by atoms with Crippen molar-refractivity contribution < 1.29 is 23.9 Å². The molecule has 2 N–H and O–H groups in total. The molecule has 0 saturated carbocycles. The number of aromatic nitrogens is 2. The Morgan fingerprint density at radius 1 is 1.25 bits per heavy atom. The van der Waals surface area contributed by atoms with Crippen LogP contribution in [0.2, 0.25) is 0 Å². The fraction of sp³-hybridized carbons (Fsp3) is 0.409. The van der Waals surface area contributed by atoms with E-state index in [-0.39, 0.29) is 48.8 Å². The minimum absolute atomic E-state index is 0.0777. The molecule has 0 radical (unpaired) electrons. The Morgan fingerprint density at radius 2 is 2.09 bits per heavy atom. The maximum absolute atomic E-state index is 13.2. The third-order valence-corrected chi connectivity index (χ3v) is 5.76. The average Bonchev–Trinajstić information content (AvgIpc) is 2.82. The van der Waals surface area contributed by atoms with Crippen LogP contribution in [-0.2, 0) is 9.53 Å². The first-order valence-corrected chi connectivity index (χ1v) is 10.4. The van der Waals surface area contributed by atoms with Gasteiger partial charge in [-0.2, -0.15) is 0 Å². The quantitative estimate of drug-likeness (QED) is 0.735. The lowest BCUT2D eigenvalue weighted by Crippen LogP contribution is -2.53. The van der Waals surface area contributed by atoms with Gasteiger partial charge in [-0.15, -0.1) is 0 Å². The van der Waals surface area contributed by atoms with Crippen LogP contribution in [0.25, 0.3) is 0 Å². The molecule has 0 bridgehead atoms. The van der Waals surface area contributed by atoms with E-state index in [1.165, 1.54) is 18.6 Å². The van der Waals surface area contributed by atoms with E-state index < -0.39 is 5.91 Å². The van der Waals surface area contributed by atoms with Crippen molar-refractivity contribution in [2.24, 2.45) is 0 Å². The van der Waals surface area contributed by atoms with E-state index >= 15 is 0 Å². The predicted octanol–water partition coefficient (Wildman–Crippen LogP) is 1.25. The summed E-state index contributed by atoms with van der Waals surface area (Å²) in [6, 6.07) is 4.74. The summed E-state index contributed by atoms with van der Waals surface area (Å²) >= 11 is 0. The van der Waals surface area contributed by atoms with Crippen LogP contribution < -0.4 is 15.4 Å². The SMILES string of the molecule is CNC(=O)C[C@@H]1CC[C@@H]2[C@H](COc3ccc(NC(=O)c4cnccn4)cc3C(=O)N2C)O1. The first-order chi connectivity index (χ1) is 15.5. The van der Waals surface area contributed by atoms with Gasteiger partial charge < -0.3 is 25.0 Å². The maximum atomic E-state index is 13.2. The maximum Gasteiger partial charge on any atom is 0.275 e. The topological polar surface area (TPSA) is 123 Å². The van der Waals surface area contributed by atoms with Crippen molar-refractivity contribution in [2.75, 3.05) is 26.0 Å². The van der Waals surface area contributed by atoms with Crippen LogP contribution in [0.15, 0.2) is 36.8 Å². The molecule has 2 aliphatic rings. The van der Waals surface area contributed by atoms with Crippen LogP contribution in [0, 0.1) is 0 Å². The number of nitrogens with one attached hydrogen (secondary N) is 2. The van der Waals surface area contributed by atoms with Crippen LogP contribution in [-0.4, -0.2) is 71.5 Å². The zero-order valence-electron chi connectivity index (χ0n) is 17.9. The molecular weight excluding hydrogens is 414 g/mol. The molecule has 10 heteroatoms. The highest BCUT2D eigenvalue weighted by molar-refractivity contribution is 6.04. The minimum atomic E-state index is -0.423. The molecule has 4 rings (SSSR count). The number of nitrogens with zero attached hydrogens (tertiary/aromatic N) is 3. The third kappa shape index (κ3) is 4.54. The molecule has 10 nitrogen and oxygen atoms in total. The number of anilines is 1. The Balaban J connectivity index is 1.52. The van der Waals surface area contributed by atoms with Crippen molar-refractivity contribution in [2.45, 2.75) is 37.5 Å². The number of hydrogen-bond donors (Lipinski definition) is 2. The van der Waals surface area contributed by atoms with Gasteiger partial charge >= 0.3 is 0 Å². The lowest BCUT2D eigenvalue weighted by Gasteiger charge is -2.42. The molecule has 0 unspecified atom stereocenters. The van der Waals surface area contributed by atoms with Crippen molar-refractivity contribution in [1.29, 1.82) is 0 Å². The highest BCUT2D eigenvalue weighted by atomic mass is 16.5. The first-order valence-electron chi connectivity index (χ1n) is 10.4. The van der Waals surface area contributed by atoms with Gasteiger partial charge in [0.05, 0.1) is 30.3 Å². The van der Waals surface area contributed by atoms with Gasteiger partial charge in [-0.3, -0.25) is 19.4 Å². The average molecular weight is 439 g/mol. The fourth-order valence-electron chi connectivity index (χ4n) is 4.03. The van der Waals surface area contributed by atoms with Crippen molar-refractivity contribution in [3.05, 3.63) is 48.0 Å². The van der Waals surface area contributed by atoms with E-state index in [0.717, 1.165) is 0 Å². The van der Waals surface area contributed by atoms with Gasteiger partial charge in [0.1, 0.15) is 24.2 Å². The third-order valence-electron chi connectivity index (χ3n) is 5.76. The minimum Gasteiger partial charge on any atom is -0.490 e. The standard InChI is InChI=1S/C22H25N5O5/c1-23-20(28)10-14-4-5-17-19(32-14)12-31-18-6-3-13(9-15(18)22(30)27(17)2)26-21(29)16-11-24-7-8-25-16/h3,6-9,11,14,17,19H,4-5,10,12H2,1-2H3,(H,23,28)(H,26,29)/t14-,17+,19-/m0/s1. The molecule has 1 fully saturated rings. The zero-order valence-corrected chi connectivity index (χ0v) is 17.9. The second-order valence-electron chi connectivity index (χ2n) is 7.80. The van der Waals surface area contributed by atoms with Gasteiger partial charge in [0, 0.05) is 32.2 Å². The van der Waals surface area contributed by atoms with E-state index in [1.54, 1.807) is 37.2 Å². The summed E-state index contributed by atoms with van der Waals surface area (Å²) in [5.74, 6) is -0.312. The number of hydrogen-bond acceptors (Lipinski definition) is 7. The van der Waals surface area contributed by atoms with Crippen LogP contribution in [0.5, 0.6) is 5.75 Å². The summed E-state index contributed by atoms with van der Waals surface area (Å²) in [6.07, 6.45) is 5.40. The number of carbonyl (C=O) groups excluding carboxylic acids is 3. The predicted molar refractivity (Wildman–Crippen MR) is 114 cm³/mol. The Labute approximate surface area is 185 Å². The molecule has 3 heterocycles. The van der Waals surface area contributed by atoms with Crippen molar-refractivity contribution in [1.82, 2.24) is 20.2 Å². The summed E-state index contributed by atoms with van der Waals surface area (Å²) in [5, 5.41) is 5.35. The fourth-order valence-corrected chi connectivity index (χ4v) is 4.03. The highest BCUT2D eigenvalue weighted by Crippen LogP contribution is 2.32. The van der Waals surface area contributed by atoms with Crippen LogP contribution in [0.4, 0.5) is 5.69 Å². The number of ether oxygens (including phenoxy) is 2. The molecule has 1 aromatic carbocycles. The van der Waals surface area contributed by atoms with Gasteiger partial charge in [0.25, 0.3) is 11.8 Å². The first kappa shape index (κ1) is 21.7. The second-order valence-corrected chi connectivity index (χ2v) is 7.80. The smallest absolute Gasteiger partial charge is 0.275 e. The molecule has 0 spiro atoms. The Bertz CT molecular complexity index is 1020. The van der Waals surface area contributed by atoms with E-state index in [1.807, 2.05) is 0 Å². The van der Waals surface area contributed by atoms with Gasteiger partial charge in [-0.05, 0) is 31.0 Å². The molecule has 168 valence electrons. The molecule has 32 heavy (non-hydrogen) atoms. The van der Waals surface area contributed by atoms with Crippen molar-refractivity contribution >= 4 is 23.4 Å². The molecule has 0 aliphatic carbocycles. The van der Waals surface area contributed by atoms with Crippen LogP contribution in [0.3, 0.4) is 0 Å². The molecular formula is C22H25N5O5. The number of fused-ring (bicyclic) bond motifs is 2. The summed E-state index contributed by atoms with van der Waals surface area (Å²) in [4.78, 5) is 46.9.